The summed E-state index contributed by atoms with van der Waals surface area (Å²) in [4.78, 5) is 2.70. The molecule has 0 aromatic heterocycles. The molecule has 1 atom stereocenters. The molecular formula is C16H37BrN4. The molecule has 4 nitrogen and oxygen atoms in total. The van der Waals surface area contributed by atoms with Gasteiger partial charge in [0.05, 0.1) is 0 Å². The molecule has 5 heteroatoms. The zero-order valence-electron chi connectivity index (χ0n) is 14.5. The monoisotopic (exact) mass is 364 g/mol. The molecule has 0 amide bonds. The second kappa shape index (κ2) is 11.8. The SMILES string of the molecule is Br.CCC1NCCNCCNCCN(CC)C1(CC)CC. The van der Waals surface area contributed by atoms with E-state index >= 15 is 0 Å². The van der Waals surface area contributed by atoms with E-state index in [0.717, 1.165) is 45.8 Å². The summed E-state index contributed by atoms with van der Waals surface area (Å²) in [5.41, 5.74) is 0.296. The summed E-state index contributed by atoms with van der Waals surface area (Å²) in [5, 5.41) is 10.9. The van der Waals surface area contributed by atoms with E-state index in [1.165, 1.54) is 19.3 Å². The molecule has 0 spiro atoms. The van der Waals surface area contributed by atoms with Crippen LogP contribution in [0.4, 0.5) is 0 Å². The Bertz CT molecular complexity index is 226. The number of halogens is 1. The van der Waals surface area contributed by atoms with Gasteiger partial charge < -0.3 is 16.0 Å². The molecule has 1 unspecified atom stereocenters. The van der Waals surface area contributed by atoms with Crippen molar-refractivity contribution in [2.24, 2.45) is 0 Å². The highest BCUT2D eigenvalue weighted by molar-refractivity contribution is 8.93. The maximum absolute atomic E-state index is 3.82. The molecular weight excluding hydrogens is 328 g/mol. The molecule has 1 aliphatic rings. The Labute approximate surface area is 142 Å². The zero-order valence-corrected chi connectivity index (χ0v) is 16.2. The number of likely N-dealkylation sites (N-methyl/N-ethyl adjacent to an activating group) is 1. The van der Waals surface area contributed by atoms with E-state index < -0.39 is 0 Å². The van der Waals surface area contributed by atoms with Crippen LogP contribution in [0.15, 0.2) is 0 Å². The fourth-order valence-corrected chi connectivity index (χ4v) is 3.80. The lowest BCUT2D eigenvalue weighted by molar-refractivity contribution is 0.0436. The normalized spacial score (nSPS) is 25.4. The van der Waals surface area contributed by atoms with Crippen LogP contribution in [-0.2, 0) is 0 Å². The Morgan fingerprint density at radius 2 is 1.48 bits per heavy atom. The first-order valence-corrected chi connectivity index (χ1v) is 8.64. The van der Waals surface area contributed by atoms with Crippen molar-refractivity contribution in [1.29, 1.82) is 0 Å². The van der Waals surface area contributed by atoms with E-state index in [-0.39, 0.29) is 17.0 Å². The highest BCUT2D eigenvalue weighted by Crippen LogP contribution is 2.29. The number of rotatable bonds is 4. The van der Waals surface area contributed by atoms with E-state index in [2.05, 4.69) is 48.5 Å². The lowest BCUT2D eigenvalue weighted by Crippen LogP contribution is -2.62. The van der Waals surface area contributed by atoms with Crippen molar-refractivity contribution in [3.8, 4) is 0 Å². The van der Waals surface area contributed by atoms with Crippen LogP contribution in [0.2, 0.25) is 0 Å². The van der Waals surface area contributed by atoms with Crippen LogP contribution in [0.5, 0.6) is 0 Å². The van der Waals surface area contributed by atoms with Crippen molar-refractivity contribution < 1.29 is 0 Å². The molecule has 0 aromatic rings. The minimum Gasteiger partial charge on any atom is -0.314 e. The van der Waals surface area contributed by atoms with E-state index in [0.29, 0.717) is 11.6 Å². The Morgan fingerprint density at radius 3 is 2.00 bits per heavy atom. The summed E-state index contributed by atoms with van der Waals surface area (Å²) >= 11 is 0. The summed E-state index contributed by atoms with van der Waals surface area (Å²) in [6, 6.07) is 0.582. The van der Waals surface area contributed by atoms with E-state index in [4.69, 9.17) is 0 Å². The fraction of sp³-hybridized carbons (Fsp3) is 1.00. The molecule has 21 heavy (non-hydrogen) atoms. The molecule has 1 fully saturated rings. The van der Waals surface area contributed by atoms with Gasteiger partial charge in [-0.3, -0.25) is 4.90 Å². The van der Waals surface area contributed by atoms with E-state index in [9.17, 15) is 0 Å². The van der Waals surface area contributed by atoms with Gasteiger partial charge in [0.2, 0.25) is 0 Å². The maximum Gasteiger partial charge on any atom is 0.0357 e. The summed E-state index contributed by atoms with van der Waals surface area (Å²) in [6.45, 7) is 17.0. The molecule has 3 N–H and O–H groups in total. The van der Waals surface area contributed by atoms with Crippen LogP contribution in [-0.4, -0.2) is 62.3 Å². The Hall–Kier alpha value is 0.320. The Balaban J connectivity index is 0.00000400. The predicted molar refractivity (Wildman–Crippen MR) is 98.7 cm³/mol. The third-order valence-electron chi connectivity index (χ3n) is 5.02. The van der Waals surface area contributed by atoms with Crippen LogP contribution >= 0.6 is 17.0 Å². The van der Waals surface area contributed by atoms with Crippen molar-refractivity contribution in [2.75, 3.05) is 45.8 Å². The van der Waals surface area contributed by atoms with Gasteiger partial charge in [-0.25, -0.2) is 0 Å². The number of nitrogens with zero attached hydrogens (tertiary/aromatic N) is 1. The standard InChI is InChI=1S/C16H36N4.BrH/c1-5-15-16(6-2,7-3)20(8-4)14-13-18-10-9-17-11-12-19-15;/h15,17-19H,5-14H2,1-4H3;1H. The first-order chi connectivity index (χ1) is 9.75. The molecule has 0 bridgehead atoms. The molecule has 0 radical (unpaired) electrons. The van der Waals surface area contributed by atoms with Gasteiger partial charge in [0.15, 0.2) is 0 Å². The Morgan fingerprint density at radius 1 is 0.905 bits per heavy atom. The summed E-state index contributed by atoms with van der Waals surface area (Å²) in [5.74, 6) is 0. The lowest BCUT2D eigenvalue weighted by atomic mass is 9.81. The summed E-state index contributed by atoms with van der Waals surface area (Å²) in [6.07, 6.45) is 3.64. The fourth-order valence-electron chi connectivity index (χ4n) is 3.80. The molecule has 1 aliphatic heterocycles. The third-order valence-corrected chi connectivity index (χ3v) is 5.02. The average molecular weight is 365 g/mol. The van der Waals surface area contributed by atoms with Gasteiger partial charge in [0, 0.05) is 50.8 Å². The van der Waals surface area contributed by atoms with Crippen LogP contribution in [0.25, 0.3) is 0 Å². The van der Waals surface area contributed by atoms with Gasteiger partial charge in [0.1, 0.15) is 0 Å². The maximum atomic E-state index is 3.82. The van der Waals surface area contributed by atoms with Crippen LogP contribution in [0.1, 0.15) is 47.0 Å². The largest absolute Gasteiger partial charge is 0.314 e. The van der Waals surface area contributed by atoms with Crippen molar-refractivity contribution >= 4 is 17.0 Å². The van der Waals surface area contributed by atoms with Crippen molar-refractivity contribution in [3.63, 3.8) is 0 Å². The highest BCUT2D eigenvalue weighted by atomic mass is 79.9. The minimum absolute atomic E-state index is 0. The lowest BCUT2D eigenvalue weighted by Gasteiger charge is -2.48. The molecule has 128 valence electrons. The van der Waals surface area contributed by atoms with Crippen molar-refractivity contribution in [2.45, 2.75) is 58.5 Å². The second-order valence-electron chi connectivity index (χ2n) is 5.81. The predicted octanol–water partition coefficient (Wildman–Crippen LogP) is 2.01. The first kappa shape index (κ1) is 21.3. The van der Waals surface area contributed by atoms with Crippen LogP contribution in [0, 0.1) is 0 Å². The van der Waals surface area contributed by atoms with E-state index in [1.54, 1.807) is 0 Å². The van der Waals surface area contributed by atoms with Crippen molar-refractivity contribution in [3.05, 3.63) is 0 Å². The number of hydrogen-bond donors (Lipinski definition) is 3. The van der Waals surface area contributed by atoms with Gasteiger partial charge in [-0.2, -0.15) is 0 Å². The number of hydrogen-bond acceptors (Lipinski definition) is 4. The van der Waals surface area contributed by atoms with Gasteiger partial charge in [-0.1, -0.05) is 27.7 Å². The van der Waals surface area contributed by atoms with Crippen molar-refractivity contribution in [1.82, 2.24) is 20.9 Å². The molecule has 1 saturated heterocycles. The smallest absolute Gasteiger partial charge is 0.0357 e. The van der Waals surface area contributed by atoms with Crippen LogP contribution in [0.3, 0.4) is 0 Å². The molecule has 1 heterocycles. The molecule has 0 saturated carbocycles. The second-order valence-corrected chi connectivity index (χ2v) is 5.81. The number of nitrogens with one attached hydrogen (secondary N) is 3. The van der Waals surface area contributed by atoms with Crippen LogP contribution < -0.4 is 16.0 Å². The quantitative estimate of drug-likeness (QED) is 0.713. The topological polar surface area (TPSA) is 39.3 Å². The first-order valence-electron chi connectivity index (χ1n) is 8.64. The van der Waals surface area contributed by atoms with Gasteiger partial charge >= 0.3 is 0 Å². The third kappa shape index (κ3) is 5.79. The summed E-state index contributed by atoms with van der Waals surface area (Å²) in [7, 11) is 0. The minimum atomic E-state index is 0. The zero-order chi connectivity index (χ0) is 14.8. The Kier molecular flexibility index (Phi) is 12.0. The molecule has 0 aromatic carbocycles. The highest BCUT2D eigenvalue weighted by Gasteiger charge is 2.38. The van der Waals surface area contributed by atoms with Gasteiger partial charge in [-0.05, 0) is 25.8 Å². The molecule has 0 aliphatic carbocycles. The average Bonchev–Trinajstić information content (AvgIpc) is 2.48. The molecule has 1 rings (SSSR count). The van der Waals surface area contributed by atoms with E-state index in [1.807, 2.05) is 0 Å². The van der Waals surface area contributed by atoms with Gasteiger partial charge in [0.25, 0.3) is 0 Å². The summed E-state index contributed by atoms with van der Waals surface area (Å²) < 4.78 is 0. The van der Waals surface area contributed by atoms with Gasteiger partial charge in [-0.15, -0.1) is 17.0 Å².